The second-order valence-corrected chi connectivity index (χ2v) is 7.26. The second kappa shape index (κ2) is 7.30. The van der Waals surface area contributed by atoms with Crippen LogP contribution in [0.4, 0.5) is 13.2 Å². The van der Waals surface area contributed by atoms with Crippen LogP contribution in [0.25, 0.3) is 0 Å². The Labute approximate surface area is 143 Å². The van der Waals surface area contributed by atoms with E-state index in [9.17, 15) is 26.4 Å². The van der Waals surface area contributed by atoms with Crippen LogP contribution in [0.5, 0.6) is 0 Å². The van der Waals surface area contributed by atoms with Crippen LogP contribution in [0.1, 0.15) is 23.2 Å². The zero-order valence-corrected chi connectivity index (χ0v) is 14.1. The third kappa shape index (κ3) is 5.09. The summed E-state index contributed by atoms with van der Waals surface area (Å²) in [6.45, 7) is -0.148. The number of hydrogen-bond acceptors (Lipinski definition) is 4. The molecule has 1 aromatic carbocycles. The molecule has 0 aliphatic rings. The zero-order valence-electron chi connectivity index (χ0n) is 13.3. The number of alkyl halides is 3. The van der Waals surface area contributed by atoms with Crippen molar-refractivity contribution in [3.63, 3.8) is 0 Å². The number of hydrogen-bond donors (Lipinski definition) is 0. The van der Waals surface area contributed by atoms with Crippen LogP contribution in [0.2, 0.25) is 0 Å². The van der Waals surface area contributed by atoms with E-state index in [4.69, 9.17) is 4.42 Å². The Morgan fingerprint density at radius 1 is 1.12 bits per heavy atom. The molecule has 0 bridgehead atoms. The summed E-state index contributed by atoms with van der Waals surface area (Å²) in [5.74, 6) is -1.78. The van der Waals surface area contributed by atoms with E-state index in [1.807, 2.05) is 0 Å². The van der Waals surface area contributed by atoms with Crippen LogP contribution in [-0.4, -0.2) is 38.5 Å². The predicted molar refractivity (Wildman–Crippen MR) is 83.7 cm³/mol. The van der Waals surface area contributed by atoms with Crippen molar-refractivity contribution in [3.8, 4) is 0 Å². The van der Waals surface area contributed by atoms with E-state index in [-0.39, 0.29) is 23.0 Å². The SMILES string of the molecule is CCN(CC(F)(F)F)C(=O)c1ccc(CS(=O)(=O)c2ccccc2)o1. The Balaban J connectivity index is 2.15. The Morgan fingerprint density at radius 3 is 2.32 bits per heavy atom. The van der Waals surface area contributed by atoms with Gasteiger partial charge in [0.2, 0.25) is 0 Å². The molecule has 0 fully saturated rings. The van der Waals surface area contributed by atoms with Gasteiger partial charge in [-0.05, 0) is 31.2 Å². The van der Waals surface area contributed by atoms with E-state index in [0.717, 1.165) is 0 Å². The molecule has 0 spiro atoms. The first kappa shape index (κ1) is 19.0. The molecule has 25 heavy (non-hydrogen) atoms. The fourth-order valence-corrected chi connectivity index (χ4v) is 3.44. The highest BCUT2D eigenvalue weighted by Crippen LogP contribution is 2.21. The van der Waals surface area contributed by atoms with E-state index in [1.165, 1.54) is 31.2 Å². The van der Waals surface area contributed by atoms with E-state index >= 15 is 0 Å². The summed E-state index contributed by atoms with van der Waals surface area (Å²) in [7, 11) is -3.68. The fraction of sp³-hybridized carbons (Fsp3) is 0.312. The molecule has 2 rings (SSSR count). The third-order valence-corrected chi connectivity index (χ3v) is 5.00. The maximum atomic E-state index is 12.5. The Hall–Kier alpha value is -2.29. The lowest BCUT2D eigenvalue weighted by Crippen LogP contribution is -2.38. The van der Waals surface area contributed by atoms with Crippen molar-refractivity contribution in [2.75, 3.05) is 13.1 Å². The highest BCUT2D eigenvalue weighted by atomic mass is 32.2. The molecule has 0 aliphatic heterocycles. The minimum Gasteiger partial charge on any atom is -0.455 e. The van der Waals surface area contributed by atoms with Crippen molar-refractivity contribution in [1.82, 2.24) is 4.90 Å². The van der Waals surface area contributed by atoms with Crippen molar-refractivity contribution in [2.45, 2.75) is 23.7 Å². The van der Waals surface area contributed by atoms with Crippen LogP contribution in [0, 0.1) is 0 Å². The van der Waals surface area contributed by atoms with Gasteiger partial charge in [0.15, 0.2) is 15.6 Å². The summed E-state index contributed by atoms with van der Waals surface area (Å²) in [6.07, 6.45) is -4.53. The molecule has 0 atom stereocenters. The second-order valence-electron chi connectivity index (χ2n) is 5.27. The smallest absolute Gasteiger partial charge is 0.406 e. The van der Waals surface area contributed by atoms with Gasteiger partial charge >= 0.3 is 6.18 Å². The first-order chi connectivity index (χ1) is 11.6. The highest BCUT2D eigenvalue weighted by molar-refractivity contribution is 7.90. The Morgan fingerprint density at radius 2 is 1.76 bits per heavy atom. The van der Waals surface area contributed by atoms with Gasteiger partial charge in [-0.25, -0.2) is 8.42 Å². The maximum absolute atomic E-state index is 12.5. The lowest BCUT2D eigenvalue weighted by Gasteiger charge is -2.21. The number of amides is 1. The number of benzene rings is 1. The van der Waals surface area contributed by atoms with Crippen LogP contribution in [0.15, 0.2) is 51.8 Å². The van der Waals surface area contributed by atoms with Crippen molar-refractivity contribution in [1.29, 1.82) is 0 Å². The van der Waals surface area contributed by atoms with Gasteiger partial charge in [-0.2, -0.15) is 13.2 Å². The standard InChI is InChI=1S/C16H16F3NO4S/c1-2-20(11-16(17,18)19)15(21)14-9-8-12(24-14)10-25(22,23)13-6-4-3-5-7-13/h3-9H,2,10-11H2,1H3. The summed E-state index contributed by atoms with van der Waals surface area (Å²) in [6, 6.07) is 10.1. The molecule has 1 amide bonds. The van der Waals surface area contributed by atoms with E-state index in [1.54, 1.807) is 18.2 Å². The highest BCUT2D eigenvalue weighted by Gasteiger charge is 2.33. The van der Waals surface area contributed by atoms with E-state index in [0.29, 0.717) is 4.90 Å². The normalized spacial score (nSPS) is 12.2. The molecule has 5 nitrogen and oxygen atoms in total. The zero-order chi connectivity index (χ0) is 18.7. The minimum absolute atomic E-state index is 0.0183. The van der Waals surface area contributed by atoms with Crippen LogP contribution in [-0.2, 0) is 15.6 Å². The summed E-state index contributed by atoms with van der Waals surface area (Å²) in [4.78, 5) is 12.8. The molecule has 136 valence electrons. The summed E-state index contributed by atoms with van der Waals surface area (Å²) in [5, 5.41) is 0. The molecule has 0 radical (unpaired) electrons. The number of halogens is 3. The molecule has 0 saturated carbocycles. The first-order valence-electron chi connectivity index (χ1n) is 7.35. The number of carbonyl (C=O) groups is 1. The largest absolute Gasteiger partial charge is 0.455 e. The van der Waals surface area contributed by atoms with E-state index < -0.39 is 34.2 Å². The molecule has 1 heterocycles. The molecular weight excluding hydrogens is 359 g/mol. The fourth-order valence-electron chi connectivity index (χ4n) is 2.17. The number of furan rings is 1. The van der Waals surface area contributed by atoms with Crippen LogP contribution < -0.4 is 0 Å². The Bertz CT molecular complexity index is 829. The molecule has 2 aromatic rings. The van der Waals surface area contributed by atoms with Gasteiger partial charge in [-0.3, -0.25) is 4.79 Å². The number of carbonyl (C=O) groups excluding carboxylic acids is 1. The quantitative estimate of drug-likeness (QED) is 0.777. The number of nitrogens with zero attached hydrogens (tertiary/aromatic N) is 1. The van der Waals surface area contributed by atoms with Gasteiger partial charge in [0.05, 0.1) is 4.90 Å². The van der Waals surface area contributed by atoms with Crippen molar-refractivity contribution in [3.05, 3.63) is 54.0 Å². The molecule has 9 heteroatoms. The monoisotopic (exact) mass is 375 g/mol. The molecule has 1 aromatic heterocycles. The molecule has 0 unspecified atom stereocenters. The first-order valence-corrected chi connectivity index (χ1v) is 9.00. The molecular formula is C16H16F3NO4S. The van der Waals surface area contributed by atoms with Crippen molar-refractivity contribution >= 4 is 15.7 Å². The van der Waals surface area contributed by atoms with Gasteiger partial charge in [0.25, 0.3) is 5.91 Å². The number of rotatable bonds is 6. The molecule has 0 saturated heterocycles. The minimum atomic E-state index is -4.53. The van der Waals surface area contributed by atoms with E-state index in [2.05, 4.69) is 0 Å². The lowest BCUT2D eigenvalue weighted by molar-refractivity contribution is -0.140. The van der Waals surface area contributed by atoms with Crippen LogP contribution >= 0.6 is 0 Å². The summed E-state index contributed by atoms with van der Waals surface area (Å²) >= 11 is 0. The maximum Gasteiger partial charge on any atom is 0.406 e. The summed E-state index contributed by atoms with van der Waals surface area (Å²) in [5.41, 5.74) is 0. The summed E-state index contributed by atoms with van der Waals surface area (Å²) < 4.78 is 67.1. The topological polar surface area (TPSA) is 67.6 Å². The van der Waals surface area contributed by atoms with Crippen LogP contribution in [0.3, 0.4) is 0 Å². The molecule has 0 aliphatic carbocycles. The van der Waals surface area contributed by atoms with Gasteiger partial charge in [0.1, 0.15) is 18.1 Å². The van der Waals surface area contributed by atoms with Gasteiger partial charge in [-0.15, -0.1) is 0 Å². The molecule has 0 N–H and O–H groups in total. The third-order valence-electron chi connectivity index (χ3n) is 3.35. The average molecular weight is 375 g/mol. The predicted octanol–water partition coefficient (Wildman–Crippen LogP) is 3.28. The van der Waals surface area contributed by atoms with Gasteiger partial charge in [-0.1, -0.05) is 18.2 Å². The lowest BCUT2D eigenvalue weighted by atomic mass is 10.3. The van der Waals surface area contributed by atoms with Gasteiger partial charge < -0.3 is 9.32 Å². The van der Waals surface area contributed by atoms with Gasteiger partial charge in [0, 0.05) is 6.54 Å². The number of sulfone groups is 1. The average Bonchev–Trinajstić information content (AvgIpc) is 2.99. The Kier molecular flexibility index (Phi) is 5.56. The van der Waals surface area contributed by atoms with Crippen molar-refractivity contribution < 1.29 is 30.8 Å². The van der Waals surface area contributed by atoms with Crippen molar-refractivity contribution in [2.24, 2.45) is 0 Å².